The molecule has 2 aromatic carbocycles. The van der Waals surface area contributed by atoms with Crippen molar-refractivity contribution >= 4 is 23.6 Å². The molecule has 1 aliphatic rings. The number of para-hydroxylation sites is 1. The zero-order valence-corrected chi connectivity index (χ0v) is 19.2. The van der Waals surface area contributed by atoms with Crippen LogP contribution in [0.25, 0.3) is 23.0 Å². The van der Waals surface area contributed by atoms with Crippen LogP contribution >= 0.6 is 0 Å². The normalized spacial score (nSPS) is 13.5. The molecule has 35 heavy (non-hydrogen) atoms. The number of carbonyl (C=O) groups is 2. The Morgan fingerprint density at radius 1 is 1.00 bits per heavy atom. The standard InChI is InChI=1S/C28H25N5O2/c34-26(30-18-21-10-13-24(14-11-21)32-17-5-9-27(32)35)15-12-23-20-33(25-7-2-1-3-8-25)31-28(23)22-6-4-16-29-19-22/h1-4,6-8,10-16,19-20H,5,9,17-18H2,(H,30,34)/b15-12+. The van der Waals surface area contributed by atoms with Crippen LogP contribution < -0.4 is 10.2 Å². The molecule has 1 aliphatic heterocycles. The van der Waals surface area contributed by atoms with Crippen molar-refractivity contribution in [1.29, 1.82) is 0 Å². The summed E-state index contributed by atoms with van der Waals surface area (Å²) in [5, 5.41) is 7.65. The highest BCUT2D eigenvalue weighted by molar-refractivity contribution is 5.95. The lowest BCUT2D eigenvalue weighted by Gasteiger charge is -2.15. The first kappa shape index (κ1) is 22.3. The molecule has 2 aromatic heterocycles. The van der Waals surface area contributed by atoms with Crippen LogP contribution in [0.15, 0.2) is 91.4 Å². The first-order valence-electron chi connectivity index (χ1n) is 11.6. The van der Waals surface area contributed by atoms with E-state index in [1.807, 2.05) is 72.9 Å². The third-order valence-corrected chi connectivity index (χ3v) is 5.90. The van der Waals surface area contributed by atoms with Gasteiger partial charge in [0.25, 0.3) is 0 Å². The lowest BCUT2D eigenvalue weighted by molar-refractivity contribution is -0.117. The highest BCUT2D eigenvalue weighted by atomic mass is 16.2. The smallest absolute Gasteiger partial charge is 0.244 e. The topological polar surface area (TPSA) is 80.1 Å². The Labute approximate surface area is 203 Å². The van der Waals surface area contributed by atoms with Crippen molar-refractivity contribution in [2.24, 2.45) is 0 Å². The van der Waals surface area contributed by atoms with Gasteiger partial charge >= 0.3 is 0 Å². The molecule has 1 saturated heterocycles. The number of pyridine rings is 1. The molecule has 174 valence electrons. The Bertz CT molecular complexity index is 1350. The summed E-state index contributed by atoms with van der Waals surface area (Å²) >= 11 is 0. The van der Waals surface area contributed by atoms with Gasteiger partial charge in [0, 0.05) is 61.0 Å². The van der Waals surface area contributed by atoms with Crippen molar-refractivity contribution in [3.63, 3.8) is 0 Å². The molecular formula is C28H25N5O2. The molecule has 0 unspecified atom stereocenters. The molecule has 0 atom stereocenters. The van der Waals surface area contributed by atoms with Crippen molar-refractivity contribution in [2.45, 2.75) is 19.4 Å². The summed E-state index contributed by atoms with van der Waals surface area (Å²) in [4.78, 5) is 30.5. The predicted octanol–water partition coefficient (Wildman–Crippen LogP) is 4.39. The van der Waals surface area contributed by atoms with Gasteiger partial charge in [-0.15, -0.1) is 0 Å². The van der Waals surface area contributed by atoms with Gasteiger partial charge in [0.05, 0.1) is 5.69 Å². The minimum Gasteiger partial charge on any atom is -0.348 e. The van der Waals surface area contributed by atoms with E-state index in [0.717, 1.165) is 46.7 Å². The summed E-state index contributed by atoms with van der Waals surface area (Å²) in [5.41, 5.74) is 5.24. The molecule has 7 heteroatoms. The average Bonchev–Trinajstić information content (AvgIpc) is 3.54. The van der Waals surface area contributed by atoms with Gasteiger partial charge in [0.2, 0.25) is 11.8 Å². The number of carbonyl (C=O) groups excluding carboxylic acids is 2. The number of nitrogens with zero attached hydrogens (tertiary/aromatic N) is 4. The number of aromatic nitrogens is 3. The Kier molecular flexibility index (Phi) is 6.48. The summed E-state index contributed by atoms with van der Waals surface area (Å²) in [5.74, 6) is -0.0363. The molecule has 0 bridgehead atoms. The van der Waals surface area contributed by atoms with Crippen LogP contribution in [-0.2, 0) is 16.1 Å². The maximum Gasteiger partial charge on any atom is 0.244 e. The summed E-state index contributed by atoms with van der Waals surface area (Å²) in [7, 11) is 0. The first-order chi connectivity index (χ1) is 17.2. The van der Waals surface area contributed by atoms with Crippen LogP contribution in [0.2, 0.25) is 0 Å². The van der Waals surface area contributed by atoms with E-state index in [1.54, 1.807) is 28.1 Å². The molecular weight excluding hydrogens is 438 g/mol. The second kappa shape index (κ2) is 10.2. The minimum absolute atomic E-state index is 0.164. The van der Waals surface area contributed by atoms with E-state index >= 15 is 0 Å². The molecule has 1 fully saturated rings. The van der Waals surface area contributed by atoms with Crippen LogP contribution in [0.1, 0.15) is 24.0 Å². The fraction of sp³-hybridized carbons (Fsp3) is 0.143. The second-order valence-electron chi connectivity index (χ2n) is 8.32. The monoisotopic (exact) mass is 463 g/mol. The van der Waals surface area contributed by atoms with Crippen LogP contribution in [0.5, 0.6) is 0 Å². The number of amides is 2. The fourth-order valence-electron chi connectivity index (χ4n) is 4.08. The molecule has 0 aliphatic carbocycles. The molecule has 3 heterocycles. The third-order valence-electron chi connectivity index (χ3n) is 5.90. The lowest BCUT2D eigenvalue weighted by Crippen LogP contribution is -2.23. The summed E-state index contributed by atoms with van der Waals surface area (Å²) in [6.45, 7) is 1.16. The Hall–Kier alpha value is -4.52. The number of nitrogens with one attached hydrogen (secondary N) is 1. The van der Waals surface area contributed by atoms with E-state index in [2.05, 4.69) is 10.3 Å². The Balaban J connectivity index is 1.28. The van der Waals surface area contributed by atoms with Crippen LogP contribution in [0.4, 0.5) is 5.69 Å². The number of rotatable bonds is 7. The molecule has 0 radical (unpaired) electrons. The molecule has 2 amide bonds. The SMILES string of the molecule is O=C(/C=C/c1cn(-c2ccccc2)nc1-c1cccnc1)NCc1ccc(N2CCCC2=O)cc1. The van der Waals surface area contributed by atoms with Gasteiger partial charge in [-0.1, -0.05) is 30.3 Å². The molecule has 7 nitrogen and oxygen atoms in total. The summed E-state index contributed by atoms with van der Waals surface area (Å²) in [6, 6.07) is 21.4. The molecule has 4 aromatic rings. The van der Waals surface area contributed by atoms with Crippen molar-refractivity contribution < 1.29 is 9.59 Å². The van der Waals surface area contributed by atoms with E-state index in [0.29, 0.717) is 13.0 Å². The van der Waals surface area contributed by atoms with E-state index in [-0.39, 0.29) is 11.8 Å². The predicted molar refractivity (Wildman–Crippen MR) is 136 cm³/mol. The summed E-state index contributed by atoms with van der Waals surface area (Å²) in [6.07, 6.45) is 10.2. The zero-order valence-electron chi connectivity index (χ0n) is 19.2. The maximum atomic E-state index is 12.5. The van der Waals surface area contributed by atoms with Crippen molar-refractivity contribution in [1.82, 2.24) is 20.1 Å². The average molecular weight is 464 g/mol. The third kappa shape index (κ3) is 5.19. The van der Waals surface area contributed by atoms with E-state index in [4.69, 9.17) is 5.10 Å². The Morgan fingerprint density at radius 3 is 2.54 bits per heavy atom. The molecule has 1 N–H and O–H groups in total. The molecule has 0 saturated carbocycles. The summed E-state index contributed by atoms with van der Waals surface area (Å²) < 4.78 is 1.80. The minimum atomic E-state index is -0.201. The van der Waals surface area contributed by atoms with Crippen molar-refractivity contribution in [3.8, 4) is 16.9 Å². The van der Waals surface area contributed by atoms with Crippen molar-refractivity contribution in [3.05, 3.63) is 103 Å². The van der Waals surface area contributed by atoms with Crippen molar-refractivity contribution in [2.75, 3.05) is 11.4 Å². The zero-order chi connectivity index (χ0) is 24.0. The fourth-order valence-corrected chi connectivity index (χ4v) is 4.08. The highest BCUT2D eigenvalue weighted by Gasteiger charge is 2.21. The van der Waals surface area contributed by atoms with Gasteiger partial charge in [-0.2, -0.15) is 5.10 Å². The number of anilines is 1. The van der Waals surface area contributed by atoms with Gasteiger partial charge in [0.15, 0.2) is 0 Å². The largest absolute Gasteiger partial charge is 0.348 e. The lowest BCUT2D eigenvalue weighted by atomic mass is 10.1. The van der Waals surface area contributed by atoms with Gasteiger partial charge in [0.1, 0.15) is 5.69 Å². The first-order valence-corrected chi connectivity index (χ1v) is 11.6. The number of hydrogen-bond donors (Lipinski definition) is 1. The van der Waals surface area contributed by atoms with Gasteiger partial charge in [-0.05, 0) is 54.5 Å². The van der Waals surface area contributed by atoms with E-state index in [9.17, 15) is 9.59 Å². The van der Waals surface area contributed by atoms with Gasteiger partial charge < -0.3 is 10.2 Å². The van der Waals surface area contributed by atoms with Gasteiger partial charge in [-0.3, -0.25) is 14.6 Å². The maximum absolute atomic E-state index is 12.5. The van der Waals surface area contributed by atoms with E-state index < -0.39 is 0 Å². The molecule has 5 rings (SSSR count). The molecule has 0 spiro atoms. The Morgan fingerprint density at radius 2 is 1.83 bits per heavy atom. The highest BCUT2D eigenvalue weighted by Crippen LogP contribution is 2.24. The van der Waals surface area contributed by atoms with E-state index in [1.165, 1.54) is 6.08 Å². The second-order valence-corrected chi connectivity index (χ2v) is 8.32. The van der Waals surface area contributed by atoms with Crippen LogP contribution in [0.3, 0.4) is 0 Å². The van der Waals surface area contributed by atoms with Gasteiger partial charge in [-0.25, -0.2) is 4.68 Å². The van der Waals surface area contributed by atoms with Crippen LogP contribution in [-0.4, -0.2) is 33.1 Å². The number of benzene rings is 2. The quantitative estimate of drug-likeness (QED) is 0.412. The number of hydrogen-bond acceptors (Lipinski definition) is 4. The van der Waals surface area contributed by atoms with Crippen LogP contribution in [0, 0.1) is 0 Å².